The van der Waals surface area contributed by atoms with E-state index in [0.29, 0.717) is 18.8 Å². The first-order valence-corrected chi connectivity index (χ1v) is 10.1. The smallest absolute Gasteiger partial charge is 0.311 e. The zero-order valence-electron chi connectivity index (χ0n) is 16.3. The number of likely N-dealkylation sites (tertiary alicyclic amines) is 1. The Balaban J connectivity index is 1.43. The van der Waals surface area contributed by atoms with Gasteiger partial charge in [-0.05, 0) is 44.0 Å². The van der Waals surface area contributed by atoms with E-state index in [4.69, 9.17) is 9.47 Å². The van der Waals surface area contributed by atoms with Gasteiger partial charge in [-0.15, -0.1) is 0 Å². The maximum Gasteiger partial charge on any atom is 0.311 e. The van der Waals surface area contributed by atoms with Crippen molar-refractivity contribution in [1.29, 1.82) is 0 Å². The fourth-order valence-corrected chi connectivity index (χ4v) is 3.89. The molecule has 152 valence electrons. The number of amides is 2. The number of hydrogen-bond donors (Lipinski definition) is 1. The molecule has 1 aliphatic carbocycles. The Morgan fingerprint density at radius 2 is 1.86 bits per heavy atom. The summed E-state index contributed by atoms with van der Waals surface area (Å²) in [4.78, 5) is 38.4. The molecular weight excluding hydrogens is 360 g/mol. The molecule has 1 saturated carbocycles. The normalized spacial score (nSPS) is 20.1. The number of esters is 1. The van der Waals surface area contributed by atoms with Gasteiger partial charge in [0.15, 0.2) is 6.61 Å². The monoisotopic (exact) mass is 388 g/mol. The van der Waals surface area contributed by atoms with E-state index in [2.05, 4.69) is 5.32 Å². The SMILES string of the molecule is CCOc1ccc(NC(=O)COC(=O)[C@H]2CC(=O)N(C3CCCCC3)C2)cc1. The van der Waals surface area contributed by atoms with Gasteiger partial charge < -0.3 is 19.7 Å². The van der Waals surface area contributed by atoms with E-state index in [0.717, 1.165) is 31.4 Å². The number of nitrogens with one attached hydrogen (secondary N) is 1. The lowest BCUT2D eigenvalue weighted by molar-refractivity contribution is -0.151. The molecule has 1 atom stereocenters. The second kappa shape index (κ2) is 9.57. The Morgan fingerprint density at radius 1 is 1.14 bits per heavy atom. The minimum atomic E-state index is -0.479. The van der Waals surface area contributed by atoms with Crippen molar-refractivity contribution in [3.05, 3.63) is 24.3 Å². The van der Waals surface area contributed by atoms with Crippen LogP contribution in [0, 0.1) is 5.92 Å². The molecule has 7 heteroatoms. The van der Waals surface area contributed by atoms with E-state index in [-0.39, 0.29) is 25.0 Å². The second-order valence-corrected chi connectivity index (χ2v) is 7.35. The van der Waals surface area contributed by atoms with Crippen LogP contribution in [-0.2, 0) is 19.1 Å². The maximum atomic E-state index is 12.3. The van der Waals surface area contributed by atoms with Crippen molar-refractivity contribution in [1.82, 2.24) is 4.90 Å². The molecule has 0 bridgehead atoms. The predicted octanol–water partition coefficient (Wildman–Crippen LogP) is 2.75. The van der Waals surface area contributed by atoms with Crippen molar-refractivity contribution in [2.45, 2.75) is 51.5 Å². The highest BCUT2D eigenvalue weighted by Crippen LogP contribution is 2.29. The summed E-state index contributed by atoms with van der Waals surface area (Å²) in [6, 6.07) is 7.22. The number of benzene rings is 1. The van der Waals surface area contributed by atoms with Crippen LogP contribution in [0.3, 0.4) is 0 Å². The number of rotatable bonds is 7. The number of ether oxygens (including phenoxy) is 2. The Hall–Kier alpha value is -2.57. The molecule has 0 radical (unpaired) electrons. The molecule has 1 aromatic rings. The van der Waals surface area contributed by atoms with Crippen LogP contribution in [0.4, 0.5) is 5.69 Å². The number of carbonyl (C=O) groups excluding carboxylic acids is 3. The van der Waals surface area contributed by atoms with Gasteiger partial charge in [-0.25, -0.2) is 0 Å². The summed E-state index contributed by atoms with van der Waals surface area (Å²) in [5.74, 6) is -0.625. The van der Waals surface area contributed by atoms with E-state index in [1.807, 2.05) is 11.8 Å². The lowest BCUT2D eigenvalue weighted by atomic mass is 9.94. The summed E-state index contributed by atoms with van der Waals surface area (Å²) in [6.07, 6.45) is 5.68. The summed E-state index contributed by atoms with van der Waals surface area (Å²) in [7, 11) is 0. The zero-order valence-corrected chi connectivity index (χ0v) is 16.3. The summed E-state index contributed by atoms with van der Waals surface area (Å²) < 4.78 is 10.5. The Kier molecular flexibility index (Phi) is 6.90. The van der Waals surface area contributed by atoms with Gasteiger partial charge >= 0.3 is 5.97 Å². The summed E-state index contributed by atoms with van der Waals surface area (Å²) in [5.41, 5.74) is 0.601. The van der Waals surface area contributed by atoms with Crippen molar-refractivity contribution >= 4 is 23.5 Å². The first-order valence-electron chi connectivity index (χ1n) is 10.1. The number of anilines is 1. The molecule has 28 heavy (non-hydrogen) atoms. The molecular formula is C21H28N2O5. The zero-order chi connectivity index (χ0) is 19.9. The molecule has 7 nitrogen and oxygen atoms in total. The van der Waals surface area contributed by atoms with E-state index in [9.17, 15) is 14.4 Å². The van der Waals surface area contributed by atoms with Crippen molar-refractivity contribution in [3.63, 3.8) is 0 Å². The van der Waals surface area contributed by atoms with E-state index >= 15 is 0 Å². The number of nitrogens with zero attached hydrogens (tertiary/aromatic N) is 1. The van der Waals surface area contributed by atoms with E-state index in [1.165, 1.54) is 6.42 Å². The number of hydrogen-bond acceptors (Lipinski definition) is 5. The van der Waals surface area contributed by atoms with Gasteiger partial charge in [0.1, 0.15) is 5.75 Å². The highest BCUT2D eigenvalue weighted by Gasteiger charge is 2.39. The quantitative estimate of drug-likeness (QED) is 0.726. The van der Waals surface area contributed by atoms with E-state index in [1.54, 1.807) is 24.3 Å². The molecule has 2 aliphatic rings. The molecule has 0 spiro atoms. The Labute approximate surface area is 165 Å². The Bertz CT molecular complexity index is 697. The summed E-state index contributed by atoms with van der Waals surface area (Å²) >= 11 is 0. The molecule has 2 amide bonds. The predicted molar refractivity (Wildman–Crippen MR) is 104 cm³/mol. The van der Waals surface area contributed by atoms with Gasteiger partial charge in [0.05, 0.1) is 12.5 Å². The van der Waals surface area contributed by atoms with Gasteiger partial charge in [-0.2, -0.15) is 0 Å². The highest BCUT2D eigenvalue weighted by molar-refractivity contribution is 5.93. The number of carbonyl (C=O) groups is 3. The summed E-state index contributed by atoms with van der Waals surface area (Å²) in [6.45, 7) is 2.52. The minimum absolute atomic E-state index is 0.0210. The summed E-state index contributed by atoms with van der Waals surface area (Å²) in [5, 5.41) is 2.68. The van der Waals surface area contributed by atoms with Crippen LogP contribution in [0.5, 0.6) is 5.75 Å². The highest BCUT2D eigenvalue weighted by atomic mass is 16.5. The standard InChI is InChI=1S/C21H28N2O5/c1-2-27-18-10-8-16(9-11-18)22-19(24)14-28-21(26)15-12-20(25)23(13-15)17-6-4-3-5-7-17/h8-11,15,17H,2-7,12-14H2,1H3,(H,22,24)/t15-/m0/s1. The third-order valence-corrected chi connectivity index (χ3v) is 5.30. The van der Waals surface area contributed by atoms with Crippen LogP contribution in [-0.4, -0.2) is 48.5 Å². The average molecular weight is 388 g/mol. The first kappa shape index (κ1) is 20.2. The van der Waals surface area contributed by atoms with Crippen LogP contribution < -0.4 is 10.1 Å². The molecule has 1 heterocycles. The van der Waals surface area contributed by atoms with Crippen LogP contribution in [0.2, 0.25) is 0 Å². The largest absolute Gasteiger partial charge is 0.494 e. The van der Waals surface area contributed by atoms with E-state index < -0.39 is 17.8 Å². The third-order valence-electron chi connectivity index (χ3n) is 5.30. The maximum absolute atomic E-state index is 12.3. The molecule has 1 saturated heterocycles. The minimum Gasteiger partial charge on any atom is -0.494 e. The fourth-order valence-electron chi connectivity index (χ4n) is 3.89. The van der Waals surface area contributed by atoms with Crippen LogP contribution in [0.25, 0.3) is 0 Å². The van der Waals surface area contributed by atoms with Gasteiger partial charge in [-0.3, -0.25) is 14.4 Å². The lowest BCUT2D eigenvalue weighted by Crippen LogP contribution is -2.38. The van der Waals surface area contributed by atoms with Gasteiger partial charge in [0.2, 0.25) is 5.91 Å². The molecule has 1 N–H and O–H groups in total. The second-order valence-electron chi connectivity index (χ2n) is 7.35. The molecule has 0 unspecified atom stereocenters. The average Bonchev–Trinajstić information content (AvgIpc) is 3.10. The molecule has 3 rings (SSSR count). The van der Waals surface area contributed by atoms with Gasteiger partial charge in [-0.1, -0.05) is 19.3 Å². The van der Waals surface area contributed by atoms with Crippen LogP contribution in [0.15, 0.2) is 24.3 Å². The van der Waals surface area contributed by atoms with Gasteiger partial charge in [0.25, 0.3) is 5.91 Å². The van der Waals surface area contributed by atoms with Crippen LogP contribution >= 0.6 is 0 Å². The molecule has 1 aliphatic heterocycles. The van der Waals surface area contributed by atoms with Crippen LogP contribution in [0.1, 0.15) is 45.4 Å². The molecule has 1 aromatic carbocycles. The molecule has 0 aromatic heterocycles. The van der Waals surface area contributed by atoms with Gasteiger partial charge in [0, 0.05) is 24.7 Å². The van der Waals surface area contributed by atoms with Crippen molar-refractivity contribution in [2.75, 3.05) is 25.1 Å². The van der Waals surface area contributed by atoms with Crippen molar-refractivity contribution < 1.29 is 23.9 Å². The van der Waals surface area contributed by atoms with Crippen molar-refractivity contribution in [2.24, 2.45) is 5.92 Å². The lowest BCUT2D eigenvalue weighted by Gasteiger charge is -2.31. The topological polar surface area (TPSA) is 84.9 Å². The first-order chi connectivity index (χ1) is 13.6. The fraction of sp³-hybridized carbons (Fsp3) is 0.571. The molecule has 2 fully saturated rings. The third kappa shape index (κ3) is 5.24. The Morgan fingerprint density at radius 3 is 2.54 bits per heavy atom. The van der Waals surface area contributed by atoms with Crippen molar-refractivity contribution in [3.8, 4) is 5.75 Å².